The Hall–Kier alpha value is -3.92. The molecule has 0 spiro atoms. The molecule has 4 aromatic heterocycles. The summed E-state index contributed by atoms with van der Waals surface area (Å²) in [4.78, 5) is 33.9. The number of hydrogen-bond acceptors (Lipinski definition) is 6. The number of amides is 1. The zero-order valence-corrected chi connectivity index (χ0v) is 17.7. The summed E-state index contributed by atoms with van der Waals surface area (Å²) in [6.07, 6.45) is 4.12. The number of aromatic nitrogens is 4. The molecule has 4 rings (SSSR count). The molecule has 0 saturated heterocycles. The molecule has 0 unspecified atom stereocenters. The van der Waals surface area contributed by atoms with Crippen LogP contribution in [0.3, 0.4) is 0 Å². The molecule has 164 valence electrons. The molecule has 0 fully saturated rings. The largest absolute Gasteiger partial charge is 0.355 e. The van der Waals surface area contributed by atoms with Crippen molar-refractivity contribution in [3.8, 4) is 0 Å². The number of pyridine rings is 3. The van der Waals surface area contributed by atoms with Crippen LogP contribution in [-0.4, -0.2) is 32.0 Å². The quantitative estimate of drug-likeness (QED) is 0.423. The van der Waals surface area contributed by atoms with Crippen molar-refractivity contribution in [2.75, 3.05) is 17.6 Å². The summed E-state index contributed by atoms with van der Waals surface area (Å²) in [5.74, 6) is -0.941. The molecular weight excluding hydrogens is 437 g/mol. The van der Waals surface area contributed by atoms with Gasteiger partial charge in [-0.2, -0.15) is 0 Å². The van der Waals surface area contributed by atoms with Crippen molar-refractivity contribution >= 4 is 51.6 Å². The first-order valence-electron chi connectivity index (χ1n) is 10.8. The van der Waals surface area contributed by atoms with E-state index in [-0.39, 0.29) is 34.0 Å². The molecule has 4 heterocycles. The number of nitrogens with zero attached hydrogens (tertiary/aromatic N) is 4. The summed E-state index contributed by atoms with van der Waals surface area (Å²) in [5.41, 5.74) is 0.342. The monoisotopic (exact) mass is 458 g/mol. The highest BCUT2D eigenvalue weighted by Crippen LogP contribution is 2.31. The van der Waals surface area contributed by atoms with Gasteiger partial charge in [0, 0.05) is 37.6 Å². The minimum Gasteiger partial charge on any atom is -0.355 e. The first-order chi connectivity index (χ1) is 16.4. The predicted octanol–water partition coefficient (Wildman–Crippen LogP) is 3.31. The normalized spacial score (nSPS) is 12.7. The number of carbonyl (C=O) groups is 1. The van der Waals surface area contributed by atoms with Crippen LogP contribution in [0.1, 0.15) is 14.5 Å². The van der Waals surface area contributed by atoms with E-state index in [9.17, 15) is 14.0 Å². The van der Waals surface area contributed by atoms with E-state index in [1.54, 1.807) is 24.9 Å². The van der Waals surface area contributed by atoms with Crippen molar-refractivity contribution in [3.05, 3.63) is 69.6 Å². The SMILES string of the molecule is [2H]C([2H])([2H])NC(=O)c1ccc(Nc2ccc(F)cn2)nc1Nc1cn(C)c2c(Cl)cn(C)c(=O)c12. The zero-order valence-electron chi connectivity index (χ0n) is 19.9. The third-order valence-corrected chi connectivity index (χ3v) is 5.02. The van der Waals surface area contributed by atoms with Crippen LogP contribution in [0.25, 0.3) is 10.9 Å². The van der Waals surface area contributed by atoms with Gasteiger partial charge in [-0.3, -0.25) is 9.59 Å². The second kappa shape index (κ2) is 8.31. The second-order valence-electron chi connectivity index (χ2n) is 6.93. The fourth-order valence-corrected chi connectivity index (χ4v) is 3.65. The maximum Gasteiger partial charge on any atom is 0.261 e. The maximum atomic E-state index is 13.2. The topological polar surface area (TPSA) is 106 Å². The van der Waals surface area contributed by atoms with Crippen molar-refractivity contribution in [1.82, 2.24) is 24.4 Å². The van der Waals surface area contributed by atoms with Gasteiger partial charge in [0.05, 0.1) is 33.4 Å². The van der Waals surface area contributed by atoms with Gasteiger partial charge in [-0.15, -0.1) is 0 Å². The van der Waals surface area contributed by atoms with Gasteiger partial charge >= 0.3 is 0 Å². The number of fused-ring (bicyclic) bond motifs is 1. The number of anilines is 4. The Bertz CT molecular complexity index is 1500. The van der Waals surface area contributed by atoms with Crippen LogP contribution in [-0.2, 0) is 14.1 Å². The lowest BCUT2D eigenvalue weighted by Crippen LogP contribution is -2.20. The smallest absolute Gasteiger partial charge is 0.261 e. The lowest BCUT2D eigenvalue weighted by Gasteiger charge is -2.12. The summed E-state index contributed by atoms with van der Waals surface area (Å²) in [7, 11) is 3.25. The van der Waals surface area contributed by atoms with Crippen molar-refractivity contribution < 1.29 is 13.3 Å². The molecule has 0 atom stereocenters. The maximum absolute atomic E-state index is 13.2. The minimum atomic E-state index is -2.73. The van der Waals surface area contributed by atoms with Gasteiger partial charge in [0.1, 0.15) is 23.3 Å². The first kappa shape index (κ1) is 17.7. The van der Waals surface area contributed by atoms with E-state index >= 15 is 0 Å². The highest BCUT2D eigenvalue weighted by Gasteiger charge is 2.19. The molecule has 1 amide bonds. The van der Waals surface area contributed by atoms with Gasteiger partial charge in [-0.1, -0.05) is 11.6 Å². The van der Waals surface area contributed by atoms with E-state index < -0.39 is 18.7 Å². The molecule has 9 nitrogen and oxygen atoms in total. The number of aryl methyl sites for hydroxylation is 2. The van der Waals surface area contributed by atoms with Gasteiger partial charge in [0.15, 0.2) is 0 Å². The van der Waals surface area contributed by atoms with E-state index in [1.165, 1.54) is 35.0 Å². The molecule has 0 radical (unpaired) electrons. The average molecular weight is 459 g/mol. The van der Waals surface area contributed by atoms with Crippen molar-refractivity contribution in [2.24, 2.45) is 14.1 Å². The molecule has 3 N–H and O–H groups in total. The van der Waals surface area contributed by atoms with Crippen LogP contribution in [0.2, 0.25) is 5.02 Å². The Morgan fingerprint density at radius 2 is 1.91 bits per heavy atom. The zero-order chi connectivity index (χ0) is 25.5. The molecule has 0 aliphatic rings. The summed E-state index contributed by atoms with van der Waals surface area (Å²) in [6.45, 7) is -2.73. The van der Waals surface area contributed by atoms with Crippen LogP contribution < -0.4 is 21.5 Å². The standard InChI is InChI=1S/C21H19ClFN7O2/c1-24-20(31)12-5-7-16(27-15-6-4-11(23)8-25-15)28-19(12)26-14-10-29(2)18-13(22)9-30(3)21(32)17(14)18/h4-10H,1-3H3,(H,24,31)(H2,25,26,27,28)/i1D3. The lowest BCUT2D eigenvalue weighted by molar-refractivity contribution is 0.0963. The molecule has 32 heavy (non-hydrogen) atoms. The molecular formula is C21H19ClFN7O2. The first-order valence-corrected chi connectivity index (χ1v) is 9.64. The Labute approximate surface area is 191 Å². The summed E-state index contributed by atoms with van der Waals surface area (Å²) in [5, 5.41) is 8.36. The Balaban J connectivity index is 1.81. The van der Waals surface area contributed by atoms with Crippen LogP contribution in [0.4, 0.5) is 27.5 Å². The van der Waals surface area contributed by atoms with Gasteiger partial charge in [-0.25, -0.2) is 14.4 Å². The second-order valence-corrected chi connectivity index (χ2v) is 7.34. The number of nitrogens with one attached hydrogen (secondary N) is 3. The summed E-state index contributed by atoms with van der Waals surface area (Å²) >= 11 is 6.34. The van der Waals surface area contributed by atoms with E-state index in [0.29, 0.717) is 16.2 Å². The van der Waals surface area contributed by atoms with Gasteiger partial charge < -0.3 is 25.1 Å². The van der Waals surface area contributed by atoms with Crippen molar-refractivity contribution in [3.63, 3.8) is 0 Å². The third-order valence-electron chi connectivity index (χ3n) is 4.74. The Morgan fingerprint density at radius 1 is 1.12 bits per heavy atom. The molecule has 0 saturated carbocycles. The molecule has 0 aliphatic heterocycles. The highest BCUT2D eigenvalue weighted by molar-refractivity contribution is 6.35. The molecule has 0 bridgehead atoms. The van der Waals surface area contributed by atoms with Gasteiger partial charge in [0.2, 0.25) is 0 Å². The molecule has 4 aromatic rings. The third kappa shape index (κ3) is 3.87. The van der Waals surface area contributed by atoms with Crippen molar-refractivity contribution in [1.29, 1.82) is 0 Å². The summed E-state index contributed by atoms with van der Waals surface area (Å²) < 4.78 is 38.2. The molecule has 11 heteroatoms. The van der Waals surface area contributed by atoms with E-state index in [4.69, 9.17) is 15.7 Å². The number of hydrogen-bond donors (Lipinski definition) is 3. The van der Waals surface area contributed by atoms with Crippen LogP contribution in [0.5, 0.6) is 0 Å². The Kier molecular flexibility index (Phi) is 4.60. The predicted molar refractivity (Wildman–Crippen MR) is 122 cm³/mol. The minimum absolute atomic E-state index is 0.0339. The highest BCUT2D eigenvalue weighted by atomic mass is 35.5. The molecule has 0 aromatic carbocycles. The number of carbonyl (C=O) groups excluding carboxylic acids is 1. The number of halogens is 2. The summed E-state index contributed by atoms with van der Waals surface area (Å²) in [6, 6.07) is 5.40. The fraction of sp³-hybridized carbons (Fsp3) is 0.143. The average Bonchev–Trinajstić information content (AvgIpc) is 3.09. The van der Waals surface area contributed by atoms with Crippen LogP contribution >= 0.6 is 11.6 Å². The van der Waals surface area contributed by atoms with E-state index in [0.717, 1.165) is 6.20 Å². The van der Waals surface area contributed by atoms with Crippen LogP contribution in [0, 0.1) is 5.82 Å². The van der Waals surface area contributed by atoms with E-state index in [2.05, 4.69) is 20.6 Å². The lowest BCUT2D eigenvalue weighted by atomic mass is 10.2. The number of rotatable bonds is 5. The fourth-order valence-electron chi connectivity index (χ4n) is 3.28. The van der Waals surface area contributed by atoms with Crippen LogP contribution in [0.15, 0.2) is 47.7 Å². The van der Waals surface area contributed by atoms with Gasteiger partial charge in [0.25, 0.3) is 11.5 Å². The van der Waals surface area contributed by atoms with Gasteiger partial charge in [-0.05, 0) is 24.3 Å². The van der Waals surface area contributed by atoms with Crippen molar-refractivity contribution in [2.45, 2.75) is 0 Å². The molecule has 0 aliphatic carbocycles. The Morgan fingerprint density at radius 3 is 2.62 bits per heavy atom. The van der Waals surface area contributed by atoms with E-state index in [1.807, 2.05) is 5.32 Å².